The summed E-state index contributed by atoms with van der Waals surface area (Å²) in [5, 5.41) is 12.9. The Balaban J connectivity index is 1.53. The summed E-state index contributed by atoms with van der Waals surface area (Å²) in [6.45, 7) is 1.70. The van der Waals surface area contributed by atoms with E-state index in [-0.39, 0.29) is 6.08 Å². The fraction of sp³-hybridized carbons (Fsp3) is 0.440. The molecule has 2 aliphatic rings. The van der Waals surface area contributed by atoms with Crippen LogP contribution in [0.1, 0.15) is 30.7 Å². The lowest BCUT2D eigenvalue weighted by atomic mass is 9.91. The highest BCUT2D eigenvalue weighted by atomic mass is 32.2. The molecule has 0 spiro atoms. The summed E-state index contributed by atoms with van der Waals surface area (Å²) in [5.41, 5.74) is 4.29. The standard InChI is InChI=1S/C25H27N5O3S2/c1-26-23-21-15(5-9-27-23)13-18(35-21)20-19(24-29-30-25(31-2)33-24)16(28-17-8-12-34-22(17)20)4-3-14-6-10-32-11-7-14/h5,9,13-14H,3-4,6-8,10-12H2,1-2H3,(H,26,27). The Kier molecular flexibility index (Phi) is 6.34. The van der Waals surface area contributed by atoms with Crippen molar-refractivity contribution in [3.05, 3.63) is 29.7 Å². The lowest BCUT2D eigenvalue weighted by Crippen LogP contribution is -2.16. The topological polar surface area (TPSA) is 95.2 Å². The number of thioether (sulfide) groups is 1. The third kappa shape index (κ3) is 4.28. The first-order valence-electron chi connectivity index (χ1n) is 12.0. The smallest absolute Gasteiger partial charge is 0.414 e. The van der Waals surface area contributed by atoms with Crippen LogP contribution < -0.4 is 10.1 Å². The van der Waals surface area contributed by atoms with Crippen molar-refractivity contribution < 1.29 is 13.9 Å². The van der Waals surface area contributed by atoms with Crippen LogP contribution in [0.5, 0.6) is 6.08 Å². The Morgan fingerprint density at radius 1 is 1.20 bits per heavy atom. The molecule has 0 saturated carbocycles. The van der Waals surface area contributed by atoms with E-state index in [9.17, 15) is 0 Å². The van der Waals surface area contributed by atoms with E-state index in [1.807, 2.05) is 25.0 Å². The van der Waals surface area contributed by atoms with Crippen molar-refractivity contribution in [1.82, 2.24) is 20.2 Å². The molecule has 0 aliphatic carbocycles. The molecule has 0 bridgehead atoms. The molecule has 1 saturated heterocycles. The van der Waals surface area contributed by atoms with Gasteiger partial charge in [0.1, 0.15) is 5.82 Å². The molecule has 4 aromatic rings. The highest BCUT2D eigenvalue weighted by molar-refractivity contribution is 7.99. The van der Waals surface area contributed by atoms with Crippen molar-refractivity contribution in [2.24, 2.45) is 5.92 Å². The number of aryl methyl sites for hydroxylation is 2. The number of anilines is 1. The molecule has 0 unspecified atom stereocenters. The zero-order chi connectivity index (χ0) is 23.8. The Labute approximate surface area is 211 Å². The second-order valence-corrected chi connectivity index (χ2v) is 11.0. The summed E-state index contributed by atoms with van der Waals surface area (Å²) in [6, 6.07) is 4.31. The minimum absolute atomic E-state index is 0.160. The molecule has 4 aromatic heterocycles. The average Bonchev–Trinajstić information content (AvgIpc) is 3.65. The number of aromatic nitrogens is 4. The van der Waals surface area contributed by atoms with Gasteiger partial charge in [0.15, 0.2) is 0 Å². The Bertz CT molecular complexity index is 1360. The molecule has 1 N–H and O–H groups in total. The van der Waals surface area contributed by atoms with Gasteiger partial charge >= 0.3 is 6.08 Å². The van der Waals surface area contributed by atoms with Crippen LogP contribution in [0.15, 0.2) is 27.6 Å². The summed E-state index contributed by atoms with van der Waals surface area (Å²) >= 11 is 3.60. The third-order valence-corrected chi connectivity index (χ3v) is 9.04. The Morgan fingerprint density at radius 2 is 2.09 bits per heavy atom. The number of hydrogen-bond donors (Lipinski definition) is 1. The van der Waals surface area contributed by atoms with Gasteiger partial charge < -0.3 is 19.2 Å². The highest BCUT2D eigenvalue weighted by Gasteiger charge is 2.30. The van der Waals surface area contributed by atoms with Gasteiger partial charge in [0.2, 0.25) is 0 Å². The first-order chi connectivity index (χ1) is 17.2. The van der Waals surface area contributed by atoms with Crippen molar-refractivity contribution in [2.45, 2.75) is 37.0 Å². The van der Waals surface area contributed by atoms with Gasteiger partial charge in [-0.15, -0.1) is 28.2 Å². The summed E-state index contributed by atoms with van der Waals surface area (Å²) in [5.74, 6) is 3.03. The first kappa shape index (κ1) is 22.8. The van der Waals surface area contributed by atoms with Crippen LogP contribution in [0.3, 0.4) is 0 Å². The van der Waals surface area contributed by atoms with Crippen molar-refractivity contribution in [2.75, 3.05) is 38.4 Å². The molecule has 2 aliphatic heterocycles. The van der Waals surface area contributed by atoms with E-state index in [0.29, 0.717) is 11.8 Å². The van der Waals surface area contributed by atoms with E-state index in [4.69, 9.17) is 18.9 Å². The van der Waals surface area contributed by atoms with Gasteiger partial charge in [0.05, 0.1) is 28.8 Å². The number of nitrogens with zero attached hydrogens (tertiary/aromatic N) is 4. The molecule has 182 valence electrons. The minimum atomic E-state index is 0.160. The monoisotopic (exact) mass is 509 g/mol. The van der Waals surface area contributed by atoms with Crippen LogP contribution in [-0.4, -0.2) is 53.3 Å². The molecule has 0 aromatic carbocycles. The Morgan fingerprint density at radius 3 is 2.89 bits per heavy atom. The fourth-order valence-electron chi connectivity index (χ4n) is 4.93. The van der Waals surface area contributed by atoms with Crippen molar-refractivity contribution in [3.8, 4) is 28.0 Å². The van der Waals surface area contributed by atoms with Crippen molar-refractivity contribution in [3.63, 3.8) is 0 Å². The third-order valence-electron chi connectivity index (χ3n) is 6.72. The van der Waals surface area contributed by atoms with E-state index in [1.165, 1.54) is 10.6 Å². The van der Waals surface area contributed by atoms with Gasteiger partial charge in [-0.3, -0.25) is 4.98 Å². The van der Waals surface area contributed by atoms with Gasteiger partial charge in [-0.1, -0.05) is 5.10 Å². The van der Waals surface area contributed by atoms with Crippen molar-refractivity contribution >= 4 is 39.0 Å². The van der Waals surface area contributed by atoms with Crippen molar-refractivity contribution in [1.29, 1.82) is 0 Å². The van der Waals surface area contributed by atoms with Gasteiger partial charge in [-0.2, -0.15) is 0 Å². The molecule has 35 heavy (non-hydrogen) atoms. The maximum absolute atomic E-state index is 5.96. The maximum atomic E-state index is 5.96. The lowest BCUT2D eigenvalue weighted by Gasteiger charge is -2.22. The van der Waals surface area contributed by atoms with Gasteiger partial charge in [0, 0.05) is 54.0 Å². The summed E-state index contributed by atoms with van der Waals surface area (Å²) < 4.78 is 17.9. The average molecular weight is 510 g/mol. The largest absolute Gasteiger partial charge is 0.452 e. The number of pyridine rings is 2. The molecule has 0 radical (unpaired) electrons. The van der Waals surface area contributed by atoms with Crippen LogP contribution in [-0.2, 0) is 17.6 Å². The molecule has 6 heterocycles. The lowest BCUT2D eigenvalue weighted by molar-refractivity contribution is 0.0639. The van der Waals surface area contributed by atoms with Crippen LogP contribution in [0.25, 0.3) is 32.0 Å². The predicted octanol–water partition coefficient (Wildman–Crippen LogP) is 5.47. The van der Waals surface area contributed by atoms with E-state index < -0.39 is 0 Å². The maximum Gasteiger partial charge on any atom is 0.414 e. The van der Waals surface area contributed by atoms with Gasteiger partial charge in [0.25, 0.3) is 5.89 Å². The number of fused-ring (bicyclic) bond motifs is 2. The molecular formula is C25H27N5O3S2. The number of hydrogen-bond acceptors (Lipinski definition) is 10. The number of thiophene rings is 1. The molecular weight excluding hydrogens is 482 g/mol. The first-order valence-corrected chi connectivity index (χ1v) is 13.8. The predicted molar refractivity (Wildman–Crippen MR) is 139 cm³/mol. The van der Waals surface area contributed by atoms with E-state index >= 15 is 0 Å². The SMILES string of the molecule is CNc1nccc2cc(-c3c4c(nc(CCC5CCOCC5)c3-c3nnc(OC)o3)CCS4)sc12. The zero-order valence-electron chi connectivity index (χ0n) is 19.8. The van der Waals surface area contributed by atoms with Crippen LogP contribution >= 0.6 is 23.1 Å². The highest BCUT2D eigenvalue weighted by Crippen LogP contribution is 2.49. The van der Waals surface area contributed by atoms with E-state index in [2.05, 4.69) is 32.6 Å². The Hall–Kier alpha value is -2.69. The summed E-state index contributed by atoms with van der Waals surface area (Å²) in [7, 11) is 3.45. The zero-order valence-corrected chi connectivity index (χ0v) is 21.4. The van der Waals surface area contributed by atoms with Gasteiger partial charge in [-0.25, -0.2) is 4.98 Å². The molecule has 8 nitrogen and oxygen atoms in total. The van der Waals surface area contributed by atoms with Crippen LogP contribution in [0, 0.1) is 5.92 Å². The van der Waals surface area contributed by atoms with E-state index in [1.54, 1.807) is 18.4 Å². The van der Waals surface area contributed by atoms with Crippen LogP contribution in [0.4, 0.5) is 5.82 Å². The molecule has 10 heteroatoms. The second-order valence-electron chi connectivity index (χ2n) is 8.79. The van der Waals surface area contributed by atoms with Gasteiger partial charge in [-0.05, 0) is 49.1 Å². The minimum Gasteiger partial charge on any atom is -0.452 e. The molecule has 0 amide bonds. The number of rotatable bonds is 7. The number of ether oxygens (including phenoxy) is 2. The molecule has 6 rings (SSSR count). The molecule has 0 atom stereocenters. The fourth-order valence-corrected chi connectivity index (χ4v) is 7.37. The summed E-state index contributed by atoms with van der Waals surface area (Å²) in [6.07, 6.45) is 7.12. The normalized spacial score (nSPS) is 16.1. The number of methoxy groups -OCH3 is 1. The molecule has 1 fully saturated rings. The van der Waals surface area contributed by atoms with E-state index in [0.717, 1.165) is 88.7 Å². The van der Waals surface area contributed by atoms with Crippen LogP contribution in [0.2, 0.25) is 0 Å². The number of nitrogens with one attached hydrogen (secondary N) is 1. The second kappa shape index (κ2) is 9.75. The summed E-state index contributed by atoms with van der Waals surface area (Å²) in [4.78, 5) is 12.1. The quantitative estimate of drug-likeness (QED) is 0.348.